The van der Waals surface area contributed by atoms with Gasteiger partial charge in [0.15, 0.2) is 0 Å². The van der Waals surface area contributed by atoms with Crippen molar-refractivity contribution >= 4 is 6.29 Å². The molecule has 0 saturated heterocycles. The van der Waals surface area contributed by atoms with Gasteiger partial charge in [0.05, 0.1) is 6.20 Å². The Morgan fingerprint density at radius 1 is 1.57 bits per heavy atom. The van der Waals surface area contributed by atoms with Crippen molar-refractivity contribution in [2.75, 3.05) is 14.1 Å². The van der Waals surface area contributed by atoms with Crippen LogP contribution < -0.4 is 0 Å². The van der Waals surface area contributed by atoms with Gasteiger partial charge < -0.3 is 4.90 Å². The molecule has 2 nitrogen and oxygen atoms in total. The van der Waals surface area contributed by atoms with Crippen molar-refractivity contribution in [1.29, 1.82) is 0 Å². The molecule has 0 bridgehead atoms. The number of aldehydes is 1. The van der Waals surface area contributed by atoms with E-state index in [1.165, 1.54) is 6.08 Å². The van der Waals surface area contributed by atoms with Crippen LogP contribution in [-0.4, -0.2) is 25.3 Å². The van der Waals surface area contributed by atoms with Gasteiger partial charge in [-0.1, -0.05) is 0 Å². The van der Waals surface area contributed by atoms with Crippen molar-refractivity contribution in [2.24, 2.45) is 0 Å². The monoisotopic (exact) mass is 98.1 g/mol. The Kier molecular flexibility index (Phi) is 3.02. The largest absolute Gasteiger partial charge is 0.376 e. The molecule has 0 rings (SSSR count). The van der Waals surface area contributed by atoms with Crippen molar-refractivity contribution in [3.05, 3.63) is 12.3 Å². The van der Waals surface area contributed by atoms with Crippen LogP contribution in [0.1, 0.15) is 0 Å². The van der Waals surface area contributed by atoms with Crippen molar-refractivity contribution in [2.45, 2.75) is 0 Å². The fraction of sp³-hybridized carbons (Fsp3) is 0.400. The second-order valence-corrected chi connectivity index (χ2v) is 1.33. The van der Waals surface area contributed by atoms with Crippen molar-refractivity contribution < 1.29 is 4.79 Å². The van der Waals surface area contributed by atoms with Crippen LogP contribution in [0.3, 0.4) is 0 Å². The molecule has 0 aliphatic rings. The van der Waals surface area contributed by atoms with Gasteiger partial charge in [0.1, 0.15) is 6.29 Å². The molecule has 0 atom stereocenters. The van der Waals surface area contributed by atoms with Gasteiger partial charge in [0.25, 0.3) is 0 Å². The number of hydrogen-bond acceptors (Lipinski definition) is 2. The van der Waals surface area contributed by atoms with Crippen LogP contribution in [0, 0.1) is 6.20 Å². The van der Waals surface area contributed by atoms with Crippen molar-refractivity contribution in [3.8, 4) is 0 Å². The maximum Gasteiger partial charge on any atom is 0.144 e. The van der Waals surface area contributed by atoms with Gasteiger partial charge in [-0.05, 0) is 0 Å². The first kappa shape index (κ1) is 6.21. The first-order chi connectivity index (χ1) is 3.27. The van der Waals surface area contributed by atoms with Crippen LogP contribution in [0.15, 0.2) is 6.08 Å². The van der Waals surface area contributed by atoms with Gasteiger partial charge in [-0.15, -0.1) is 0 Å². The van der Waals surface area contributed by atoms with Gasteiger partial charge in [-0.3, -0.25) is 4.79 Å². The lowest BCUT2D eigenvalue weighted by atomic mass is 10.6. The minimum absolute atomic E-state index is 0.694. The number of carbonyl (C=O) groups excluding carboxylic acids is 1. The molecule has 0 unspecified atom stereocenters. The third-order valence-electron chi connectivity index (χ3n) is 0.401. The van der Waals surface area contributed by atoms with Crippen LogP contribution >= 0.6 is 0 Å². The molecule has 0 aromatic heterocycles. The highest BCUT2D eigenvalue weighted by Gasteiger charge is 1.71. The Morgan fingerprint density at radius 3 is 2.29 bits per heavy atom. The van der Waals surface area contributed by atoms with Crippen LogP contribution in [0.25, 0.3) is 0 Å². The zero-order valence-corrected chi connectivity index (χ0v) is 4.51. The van der Waals surface area contributed by atoms with Crippen molar-refractivity contribution in [3.63, 3.8) is 0 Å². The van der Waals surface area contributed by atoms with Gasteiger partial charge in [0, 0.05) is 20.2 Å². The SMILES string of the molecule is CN(C)[C]=CC=O. The number of carbonyl (C=O) groups is 1. The van der Waals surface area contributed by atoms with Crippen LogP contribution in [0.5, 0.6) is 0 Å². The number of allylic oxidation sites excluding steroid dienone is 1. The molecule has 0 N–H and O–H groups in total. The zero-order valence-electron chi connectivity index (χ0n) is 4.51. The third kappa shape index (κ3) is 5.21. The van der Waals surface area contributed by atoms with E-state index in [2.05, 4.69) is 6.20 Å². The van der Waals surface area contributed by atoms with E-state index < -0.39 is 0 Å². The lowest BCUT2D eigenvalue weighted by molar-refractivity contribution is -0.104. The summed E-state index contributed by atoms with van der Waals surface area (Å²) >= 11 is 0. The van der Waals surface area contributed by atoms with Gasteiger partial charge in [0.2, 0.25) is 0 Å². The van der Waals surface area contributed by atoms with Crippen LogP contribution in [0.4, 0.5) is 0 Å². The molecule has 1 radical (unpaired) electrons. The average molecular weight is 98.1 g/mol. The standard InChI is InChI=1S/C5H8NO/c1-6(2)4-3-5-7/h3,5H,1-2H3. The van der Waals surface area contributed by atoms with Crippen molar-refractivity contribution in [1.82, 2.24) is 4.90 Å². The summed E-state index contributed by atoms with van der Waals surface area (Å²) in [4.78, 5) is 11.2. The van der Waals surface area contributed by atoms with Crippen LogP contribution in [0.2, 0.25) is 0 Å². The molecule has 39 valence electrons. The number of rotatable bonds is 2. The highest BCUT2D eigenvalue weighted by molar-refractivity contribution is 5.63. The summed E-state index contributed by atoms with van der Waals surface area (Å²) in [5, 5.41) is 0. The second-order valence-electron chi connectivity index (χ2n) is 1.33. The first-order valence-electron chi connectivity index (χ1n) is 1.98. The molecular weight excluding hydrogens is 90.1 g/mol. The normalized spacial score (nSPS) is 9.43. The summed E-state index contributed by atoms with van der Waals surface area (Å²) in [6.45, 7) is 0. The van der Waals surface area contributed by atoms with E-state index in [0.29, 0.717) is 6.29 Å². The van der Waals surface area contributed by atoms with Crippen LogP contribution in [-0.2, 0) is 4.79 Å². The summed E-state index contributed by atoms with van der Waals surface area (Å²) in [6, 6.07) is 0. The first-order valence-corrected chi connectivity index (χ1v) is 1.98. The molecule has 0 saturated carbocycles. The summed E-state index contributed by atoms with van der Waals surface area (Å²) < 4.78 is 0. The highest BCUT2D eigenvalue weighted by Crippen LogP contribution is 1.68. The minimum Gasteiger partial charge on any atom is -0.376 e. The summed E-state index contributed by atoms with van der Waals surface area (Å²) in [7, 11) is 3.61. The lowest BCUT2D eigenvalue weighted by Gasteiger charge is -1.98. The van der Waals surface area contributed by atoms with E-state index in [1.54, 1.807) is 19.0 Å². The Labute approximate surface area is 43.4 Å². The minimum atomic E-state index is 0.694. The fourth-order valence-electron chi connectivity index (χ4n) is 0.180. The van der Waals surface area contributed by atoms with E-state index in [9.17, 15) is 4.79 Å². The maximum atomic E-state index is 9.56. The Balaban J connectivity index is 3.25. The predicted octanol–water partition coefficient (Wildman–Crippen LogP) is 0.0638. The molecular formula is C5H8NO. The smallest absolute Gasteiger partial charge is 0.144 e. The topological polar surface area (TPSA) is 20.3 Å². The predicted molar refractivity (Wildman–Crippen MR) is 27.6 cm³/mol. The molecule has 0 spiro atoms. The molecule has 0 aliphatic carbocycles. The lowest BCUT2D eigenvalue weighted by Crippen LogP contribution is -2.00. The molecule has 2 heteroatoms. The third-order valence-corrected chi connectivity index (χ3v) is 0.401. The average Bonchev–Trinajstić information content (AvgIpc) is 1.61. The Morgan fingerprint density at radius 2 is 2.14 bits per heavy atom. The molecule has 0 fully saturated rings. The van der Waals surface area contributed by atoms with E-state index in [4.69, 9.17) is 0 Å². The molecule has 0 aromatic rings. The van der Waals surface area contributed by atoms with E-state index >= 15 is 0 Å². The zero-order chi connectivity index (χ0) is 5.70. The van der Waals surface area contributed by atoms with E-state index in [-0.39, 0.29) is 0 Å². The Hall–Kier alpha value is -0.790. The maximum absolute atomic E-state index is 9.56. The number of hydrogen-bond donors (Lipinski definition) is 0. The quantitative estimate of drug-likeness (QED) is 0.276. The van der Waals surface area contributed by atoms with E-state index in [0.717, 1.165) is 0 Å². The molecule has 0 aromatic carbocycles. The molecule has 0 aliphatic heterocycles. The summed E-state index contributed by atoms with van der Waals surface area (Å²) in [5.74, 6) is 0. The summed E-state index contributed by atoms with van der Waals surface area (Å²) in [5.41, 5.74) is 0. The molecule has 7 heavy (non-hydrogen) atoms. The molecule has 0 amide bonds. The fourth-order valence-corrected chi connectivity index (χ4v) is 0.180. The van der Waals surface area contributed by atoms with Gasteiger partial charge >= 0.3 is 0 Å². The number of nitrogens with zero attached hydrogens (tertiary/aromatic N) is 1. The summed E-state index contributed by atoms with van der Waals surface area (Å²) in [6.07, 6.45) is 4.65. The highest BCUT2D eigenvalue weighted by atomic mass is 16.1. The Bertz CT molecular complexity index is 76.1. The van der Waals surface area contributed by atoms with Gasteiger partial charge in [-0.25, -0.2) is 0 Å². The second kappa shape index (κ2) is 3.40. The van der Waals surface area contributed by atoms with E-state index in [1.807, 2.05) is 0 Å². The van der Waals surface area contributed by atoms with Gasteiger partial charge in [-0.2, -0.15) is 0 Å². The molecule has 0 heterocycles.